The van der Waals surface area contributed by atoms with E-state index in [1.807, 2.05) is 61.5 Å². The molecule has 2 fully saturated rings. The number of nitrogens with zero attached hydrogens (tertiary/aromatic N) is 4. The molecule has 0 aromatic heterocycles. The van der Waals surface area contributed by atoms with E-state index >= 15 is 0 Å². The van der Waals surface area contributed by atoms with Gasteiger partial charge < -0.3 is 20.2 Å². The van der Waals surface area contributed by atoms with Crippen molar-refractivity contribution in [2.75, 3.05) is 26.7 Å². The molecule has 208 valence electrons. The van der Waals surface area contributed by atoms with Gasteiger partial charge in [0.2, 0.25) is 11.8 Å². The summed E-state index contributed by atoms with van der Waals surface area (Å²) in [5.41, 5.74) is 4.04. The molecule has 2 aliphatic rings. The number of likely N-dealkylation sites (N-methyl/N-ethyl adjacent to an activating group) is 1. The predicted molar refractivity (Wildman–Crippen MR) is 151 cm³/mol. The number of benzene rings is 3. The third kappa shape index (κ3) is 5.94. The summed E-state index contributed by atoms with van der Waals surface area (Å²) in [6.07, 6.45) is 0.292. The highest BCUT2D eigenvalue weighted by atomic mass is 16.3. The Hall–Kier alpha value is -4.37. The number of aromatic hydroxyl groups is 1. The number of urea groups is 1. The Morgan fingerprint density at radius 2 is 1.60 bits per heavy atom. The zero-order valence-electron chi connectivity index (χ0n) is 22.9. The number of amides is 4. The molecule has 9 heteroatoms. The third-order valence-electron chi connectivity index (χ3n) is 7.59. The standard InChI is InChI=1S/C31H35N5O4/c1-22-8-10-25(11-9-22)19-32-31(40)36-28-20-34(17-16-23-6-4-3-5-7-23)30(39)27(35(28)29(38)21-33(36)2)18-24-12-14-26(37)15-13-24/h3-15,27-28,37H,16-21H2,1-2H3,(H,32,40)/t27-,28-/m0/s1. The Bertz CT molecular complexity index is 1350. The first-order valence-corrected chi connectivity index (χ1v) is 13.6. The first kappa shape index (κ1) is 27.2. The van der Waals surface area contributed by atoms with Crippen LogP contribution in [0.25, 0.3) is 0 Å². The molecule has 2 heterocycles. The molecule has 0 aliphatic carbocycles. The maximum Gasteiger partial charge on any atom is 0.334 e. The molecule has 3 aromatic rings. The number of piperazine rings is 1. The molecule has 4 amide bonds. The highest BCUT2D eigenvalue weighted by molar-refractivity contribution is 5.91. The van der Waals surface area contributed by atoms with E-state index in [0.29, 0.717) is 19.5 Å². The number of carbonyl (C=O) groups is 3. The molecular formula is C31H35N5O4. The van der Waals surface area contributed by atoms with Gasteiger partial charge in [0.05, 0.1) is 13.1 Å². The second-order valence-electron chi connectivity index (χ2n) is 10.5. The number of nitrogens with one attached hydrogen (secondary N) is 1. The molecule has 2 saturated heterocycles. The van der Waals surface area contributed by atoms with Crippen molar-refractivity contribution in [2.45, 2.75) is 38.5 Å². The number of hydrogen-bond donors (Lipinski definition) is 2. The molecule has 0 saturated carbocycles. The first-order valence-electron chi connectivity index (χ1n) is 13.6. The van der Waals surface area contributed by atoms with E-state index in [1.165, 1.54) is 0 Å². The number of phenols is 1. The minimum Gasteiger partial charge on any atom is -0.508 e. The fraction of sp³-hybridized carbons (Fsp3) is 0.323. The second kappa shape index (κ2) is 11.8. The summed E-state index contributed by atoms with van der Waals surface area (Å²) in [5.74, 6) is -0.207. The first-order chi connectivity index (χ1) is 19.3. The van der Waals surface area contributed by atoms with Crippen LogP contribution >= 0.6 is 0 Å². The van der Waals surface area contributed by atoms with Gasteiger partial charge in [-0.25, -0.2) is 14.8 Å². The van der Waals surface area contributed by atoms with Crippen LogP contribution in [0.3, 0.4) is 0 Å². The van der Waals surface area contributed by atoms with Crippen molar-refractivity contribution in [3.05, 3.63) is 101 Å². The van der Waals surface area contributed by atoms with Gasteiger partial charge in [-0.1, -0.05) is 72.3 Å². The maximum atomic E-state index is 13.9. The number of fused-ring (bicyclic) bond motifs is 1. The number of aryl methyl sites for hydroxylation is 1. The molecular weight excluding hydrogens is 506 g/mol. The Morgan fingerprint density at radius 3 is 2.30 bits per heavy atom. The number of rotatable bonds is 7. The van der Waals surface area contributed by atoms with Gasteiger partial charge in [0.15, 0.2) is 0 Å². The Balaban J connectivity index is 1.41. The van der Waals surface area contributed by atoms with Crippen LogP contribution in [0, 0.1) is 6.92 Å². The number of phenolic OH excluding ortho intramolecular Hbond substituents is 1. The van der Waals surface area contributed by atoms with Gasteiger partial charge in [-0.15, -0.1) is 0 Å². The average molecular weight is 542 g/mol. The van der Waals surface area contributed by atoms with Crippen molar-refractivity contribution in [3.8, 4) is 5.75 Å². The summed E-state index contributed by atoms with van der Waals surface area (Å²) in [6.45, 7) is 3.02. The topological polar surface area (TPSA) is 96.4 Å². The lowest BCUT2D eigenvalue weighted by molar-refractivity contribution is -0.186. The van der Waals surface area contributed by atoms with E-state index in [9.17, 15) is 19.5 Å². The minimum atomic E-state index is -0.771. The van der Waals surface area contributed by atoms with Gasteiger partial charge in [0.1, 0.15) is 18.0 Å². The molecule has 3 aromatic carbocycles. The average Bonchev–Trinajstić information content (AvgIpc) is 2.95. The molecule has 0 radical (unpaired) electrons. The SMILES string of the molecule is Cc1ccc(CNC(=O)N2[C@H]3CN(CCc4ccccc4)C(=O)[C@H](Cc4ccc(O)cc4)N3C(=O)CN2C)cc1. The molecule has 0 unspecified atom stereocenters. The van der Waals surface area contributed by atoms with Crippen LogP contribution in [0.2, 0.25) is 0 Å². The van der Waals surface area contributed by atoms with Crippen LogP contribution < -0.4 is 5.32 Å². The van der Waals surface area contributed by atoms with E-state index in [4.69, 9.17) is 0 Å². The summed E-state index contributed by atoms with van der Waals surface area (Å²) in [6, 6.07) is 23.5. The third-order valence-corrected chi connectivity index (χ3v) is 7.59. The summed E-state index contributed by atoms with van der Waals surface area (Å²) in [4.78, 5) is 44.2. The van der Waals surface area contributed by atoms with E-state index in [-0.39, 0.29) is 43.1 Å². The Kier molecular flexibility index (Phi) is 8.02. The van der Waals surface area contributed by atoms with Gasteiger partial charge in [-0.2, -0.15) is 0 Å². The van der Waals surface area contributed by atoms with Crippen LogP contribution in [0.5, 0.6) is 5.75 Å². The zero-order valence-corrected chi connectivity index (χ0v) is 22.9. The van der Waals surface area contributed by atoms with Crippen LogP contribution in [0.15, 0.2) is 78.9 Å². The molecule has 40 heavy (non-hydrogen) atoms. The van der Waals surface area contributed by atoms with Crippen molar-refractivity contribution in [3.63, 3.8) is 0 Å². The summed E-state index contributed by atoms with van der Waals surface area (Å²) in [7, 11) is 1.72. The van der Waals surface area contributed by atoms with E-state index in [2.05, 4.69) is 5.32 Å². The van der Waals surface area contributed by atoms with Crippen LogP contribution in [0.1, 0.15) is 22.3 Å². The number of hydrazine groups is 1. The van der Waals surface area contributed by atoms with Crippen LogP contribution in [0.4, 0.5) is 4.79 Å². The molecule has 0 bridgehead atoms. The molecule has 2 atom stereocenters. The molecule has 0 spiro atoms. The molecule has 5 rings (SSSR count). The van der Waals surface area contributed by atoms with Gasteiger partial charge in [0.25, 0.3) is 0 Å². The number of carbonyl (C=O) groups excluding carboxylic acids is 3. The molecule has 2 aliphatic heterocycles. The van der Waals surface area contributed by atoms with Crippen molar-refractivity contribution in [2.24, 2.45) is 0 Å². The molecule has 9 nitrogen and oxygen atoms in total. The van der Waals surface area contributed by atoms with E-state index in [1.54, 1.807) is 51.1 Å². The Labute approximate surface area is 234 Å². The normalized spacial score (nSPS) is 19.5. The highest BCUT2D eigenvalue weighted by Gasteiger charge is 2.50. The fourth-order valence-electron chi connectivity index (χ4n) is 5.43. The lowest BCUT2D eigenvalue weighted by atomic mass is 9.98. The smallest absolute Gasteiger partial charge is 0.334 e. The summed E-state index contributed by atoms with van der Waals surface area (Å²) >= 11 is 0. The van der Waals surface area contributed by atoms with Crippen molar-refractivity contribution in [1.29, 1.82) is 0 Å². The van der Waals surface area contributed by atoms with Crippen molar-refractivity contribution in [1.82, 2.24) is 25.1 Å². The Morgan fingerprint density at radius 1 is 0.925 bits per heavy atom. The van der Waals surface area contributed by atoms with E-state index in [0.717, 1.165) is 22.3 Å². The van der Waals surface area contributed by atoms with E-state index < -0.39 is 12.2 Å². The summed E-state index contributed by atoms with van der Waals surface area (Å²) in [5, 5.41) is 15.9. The summed E-state index contributed by atoms with van der Waals surface area (Å²) < 4.78 is 0. The van der Waals surface area contributed by atoms with Gasteiger partial charge in [0, 0.05) is 26.6 Å². The molecule has 2 N–H and O–H groups in total. The van der Waals surface area contributed by atoms with Gasteiger partial charge >= 0.3 is 6.03 Å². The van der Waals surface area contributed by atoms with Crippen molar-refractivity contribution < 1.29 is 19.5 Å². The van der Waals surface area contributed by atoms with Gasteiger partial charge in [-0.3, -0.25) is 9.59 Å². The fourth-order valence-corrected chi connectivity index (χ4v) is 5.43. The monoisotopic (exact) mass is 541 g/mol. The van der Waals surface area contributed by atoms with Crippen LogP contribution in [-0.2, 0) is 29.0 Å². The van der Waals surface area contributed by atoms with Crippen LogP contribution in [-0.4, -0.2) is 81.7 Å². The highest BCUT2D eigenvalue weighted by Crippen LogP contribution is 2.28. The zero-order chi connectivity index (χ0) is 28.2. The largest absolute Gasteiger partial charge is 0.508 e. The predicted octanol–water partition coefficient (Wildman–Crippen LogP) is 2.92. The quantitative estimate of drug-likeness (QED) is 0.480. The lowest BCUT2D eigenvalue weighted by Gasteiger charge is -2.54. The lowest BCUT2D eigenvalue weighted by Crippen LogP contribution is -2.76. The minimum absolute atomic E-state index is 0.0160. The van der Waals surface area contributed by atoms with Crippen molar-refractivity contribution >= 4 is 17.8 Å². The number of hydrogen-bond acceptors (Lipinski definition) is 5. The maximum absolute atomic E-state index is 13.9. The van der Waals surface area contributed by atoms with Gasteiger partial charge in [-0.05, 0) is 42.2 Å². The second-order valence-corrected chi connectivity index (χ2v) is 10.5.